The molecule has 0 saturated carbocycles. The molecule has 5 nitrogen and oxygen atoms in total. The Bertz CT molecular complexity index is 547. The number of nitrogens with zero attached hydrogens (tertiary/aromatic N) is 4. The predicted octanol–water partition coefficient (Wildman–Crippen LogP) is 1.97. The molecule has 0 aliphatic carbocycles. The molecule has 1 atom stereocenters. The van der Waals surface area contributed by atoms with Gasteiger partial charge in [-0.2, -0.15) is 4.68 Å². The van der Waals surface area contributed by atoms with Crippen LogP contribution in [0, 0.1) is 5.92 Å². The van der Waals surface area contributed by atoms with Crippen molar-refractivity contribution in [3.8, 4) is 5.69 Å². The number of halogens is 1. The van der Waals surface area contributed by atoms with Gasteiger partial charge in [0.25, 0.3) is 0 Å². The van der Waals surface area contributed by atoms with E-state index in [2.05, 4.69) is 36.8 Å². The van der Waals surface area contributed by atoms with Crippen molar-refractivity contribution in [2.75, 3.05) is 13.1 Å². The largest absolute Gasteiger partial charge is 0.316 e. The third kappa shape index (κ3) is 2.84. The first-order chi connectivity index (χ1) is 9.34. The van der Waals surface area contributed by atoms with Crippen molar-refractivity contribution < 1.29 is 0 Å². The molecule has 1 aromatic heterocycles. The fourth-order valence-corrected chi connectivity index (χ4v) is 2.95. The normalized spacial score (nSPS) is 19.5. The van der Waals surface area contributed by atoms with Gasteiger partial charge in [0.1, 0.15) is 0 Å². The van der Waals surface area contributed by atoms with Gasteiger partial charge in [-0.3, -0.25) is 0 Å². The Morgan fingerprint density at radius 1 is 1.37 bits per heavy atom. The van der Waals surface area contributed by atoms with Gasteiger partial charge in [0, 0.05) is 10.9 Å². The van der Waals surface area contributed by atoms with Crippen LogP contribution in [0.15, 0.2) is 28.7 Å². The van der Waals surface area contributed by atoms with Crippen molar-refractivity contribution in [3.63, 3.8) is 0 Å². The number of nitrogens with one attached hydrogen (secondary N) is 1. The Morgan fingerprint density at radius 3 is 3.05 bits per heavy atom. The van der Waals surface area contributed by atoms with Crippen molar-refractivity contribution in [2.45, 2.75) is 19.3 Å². The van der Waals surface area contributed by atoms with Gasteiger partial charge in [0.2, 0.25) is 0 Å². The fourth-order valence-electron chi connectivity index (χ4n) is 2.50. The second kappa shape index (κ2) is 5.79. The lowest BCUT2D eigenvalue weighted by molar-refractivity contribution is 0.368. The van der Waals surface area contributed by atoms with E-state index in [0.717, 1.165) is 35.5 Å². The molecule has 1 unspecified atom stereocenters. The van der Waals surface area contributed by atoms with Crippen LogP contribution >= 0.6 is 15.9 Å². The minimum atomic E-state index is 0.626. The van der Waals surface area contributed by atoms with Crippen LogP contribution in [-0.2, 0) is 6.42 Å². The van der Waals surface area contributed by atoms with Crippen LogP contribution in [0.2, 0.25) is 0 Å². The van der Waals surface area contributed by atoms with E-state index in [-0.39, 0.29) is 0 Å². The smallest absolute Gasteiger partial charge is 0.157 e. The molecule has 2 heterocycles. The Hall–Kier alpha value is -1.27. The molecule has 1 saturated heterocycles. The highest BCUT2D eigenvalue weighted by Gasteiger charge is 2.18. The first kappa shape index (κ1) is 12.7. The van der Waals surface area contributed by atoms with Gasteiger partial charge >= 0.3 is 0 Å². The van der Waals surface area contributed by atoms with Crippen LogP contribution < -0.4 is 5.32 Å². The molecule has 19 heavy (non-hydrogen) atoms. The fraction of sp³-hybridized carbons (Fsp3) is 0.462. The average molecular weight is 322 g/mol. The van der Waals surface area contributed by atoms with Gasteiger partial charge in [-0.25, -0.2) is 0 Å². The van der Waals surface area contributed by atoms with Crippen molar-refractivity contribution >= 4 is 15.9 Å². The molecule has 2 aromatic rings. The third-order valence-corrected chi connectivity index (χ3v) is 4.16. The zero-order valence-corrected chi connectivity index (χ0v) is 12.2. The molecular formula is C13H16BrN5. The number of hydrogen-bond acceptors (Lipinski definition) is 4. The maximum Gasteiger partial charge on any atom is 0.157 e. The first-order valence-electron chi connectivity index (χ1n) is 6.57. The van der Waals surface area contributed by atoms with Crippen molar-refractivity contribution in [1.29, 1.82) is 0 Å². The van der Waals surface area contributed by atoms with E-state index in [1.165, 1.54) is 12.8 Å². The molecule has 1 fully saturated rings. The van der Waals surface area contributed by atoms with E-state index < -0.39 is 0 Å². The summed E-state index contributed by atoms with van der Waals surface area (Å²) in [7, 11) is 0. The summed E-state index contributed by atoms with van der Waals surface area (Å²) in [4.78, 5) is 0. The van der Waals surface area contributed by atoms with Gasteiger partial charge in [-0.05, 0) is 70.3 Å². The summed E-state index contributed by atoms with van der Waals surface area (Å²) >= 11 is 3.55. The quantitative estimate of drug-likeness (QED) is 0.939. The topological polar surface area (TPSA) is 55.6 Å². The number of benzene rings is 1. The van der Waals surface area contributed by atoms with E-state index in [9.17, 15) is 0 Å². The zero-order valence-electron chi connectivity index (χ0n) is 10.6. The van der Waals surface area contributed by atoms with E-state index in [4.69, 9.17) is 0 Å². The summed E-state index contributed by atoms with van der Waals surface area (Å²) in [6, 6.07) is 8.00. The minimum Gasteiger partial charge on any atom is -0.316 e. The molecular weight excluding hydrogens is 306 g/mol. The maximum atomic E-state index is 4.18. The molecule has 0 bridgehead atoms. The Kier molecular flexibility index (Phi) is 3.89. The van der Waals surface area contributed by atoms with E-state index in [0.29, 0.717) is 5.92 Å². The van der Waals surface area contributed by atoms with Gasteiger partial charge < -0.3 is 5.32 Å². The van der Waals surface area contributed by atoms with Crippen LogP contribution in [0.1, 0.15) is 18.7 Å². The van der Waals surface area contributed by atoms with Crippen molar-refractivity contribution in [1.82, 2.24) is 25.5 Å². The molecule has 1 aliphatic rings. The first-order valence-corrected chi connectivity index (χ1v) is 7.37. The van der Waals surface area contributed by atoms with E-state index >= 15 is 0 Å². The molecule has 1 N–H and O–H groups in total. The van der Waals surface area contributed by atoms with Crippen LogP contribution in [0.4, 0.5) is 0 Å². The highest BCUT2D eigenvalue weighted by Crippen LogP contribution is 2.22. The lowest BCUT2D eigenvalue weighted by atomic mass is 9.96. The number of para-hydroxylation sites is 1. The van der Waals surface area contributed by atoms with Crippen LogP contribution in [-0.4, -0.2) is 33.3 Å². The lowest BCUT2D eigenvalue weighted by Crippen LogP contribution is -2.31. The van der Waals surface area contributed by atoms with Crippen LogP contribution in [0.3, 0.4) is 0 Å². The Morgan fingerprint density at radius 2 is 2.26 bits per heavy atom. The summed E-state index contributed by atoms with van der Waals surface area (Å²) in [6.45, 7) is 2.19. The predicted molar refractivity (Wildman–Crippen MR) is 76.2 cm³/mol. The SMILES string of the molecule is Brc1ccccc1-n1nnnc1CC1CCCNC1. The van der Waals surface area contributed by atoms with Gasteiger partial charge in [0.15, 0.2) is 5.82 Å². The summed E-state index contributed by atoms with van der Waals surface area (Å²) in [6.07, 6.45) is 3.40. The third-order valence-electron chi connectivity index (χ3n) is 3.48. The lowest BCUT2D eigenvalue weighted by Gasteiger charge is -2.22. The summed E-state index contributed by atoms with van der Waals surface area (Å²) in [5.74, 6) is 1.56. The Labute approximate surface area is 120 Å². The van der Waals surface area contributed by atoms with Gasteiger partial charge in [-0.1, -0.05) is 12.1 Å². The molecule has 100 valence electrons. The molecule has 0 radical (unpaired) electrons. The van der Waals surface area contributed by atoms with E-state index in [1.54, 1.807) is 0 Å². The monoisotopic (exact) mass is 321 g/mol. The van der Waals surface area contributed by atoms with Gasteiger partial charge in [-0.15, -0.1) is 5.10 Å². The minimum absolute atomic E-state index is 0.626. The standard InChI is InChI=1S/C13H16BrN5/c14-11-5-1-2-6-12(11)19-13(16-17-18-19)8-10-4-3-7-15-9-10/h1-2,5-6,10,15H,3-4,7-9H2. The highest BCUT2D eigenvalue weighted by atomic mass is 79.9. The Balaban J connectivity index is 1.84. The van der Waals surface area contributed by atoms with Crippen LogP contribution in [0.5, 0.6) is 0 Å². The summed E-state index contributed by atoms with van der Waals surface area (Å²) < 4.78 is 2.84. The molecule has 3 rings (SSSR count). The number of rotatable bonds is 3. The number of tetrazole rings is 1. The van der Waals surface area contributed by atoms with Crippen LogP contribution in [0.25, 0.3) is 5.69 Å². The summed E-state index contributed by atoms with van der Waals surface area (Å²) in [5.41, 5.74) is 0.992. The summed E-state index contributed by atoms with van der Waals surface area (Å²) in [5, 5.41) is 15.6. The zero-order chi connectivity index (χ0) is 13.1. The number of piperidine rings is 1. The van der Waals surface area contributed by atoms with E-state index in [1.807, 2.05) is 28.9 Å². The molecule has 0 amide bonds. The molecule has 1 aliphatic heterocycles. The molecule has 6 heteroatoms. The maximum absolute atomic E-state index is 4.18. The second-order valence-electron chi connectivity index (χ2n) is 4.87. The van der Waals surface area contributed by atoms with Gasteiger partial charge in [0.05, 0.1) is 5.69 Å². The molecule has 1 aromatic carbocycles. The molecule has 0 spiro atoms. The highest BCUT2D eigenvalue weighted by molar-refractivity contribution is 9.10. The average Bonchev–Trinajstić information content (AvgIpc) is 2.88. The second-order valence-corrected chi connectivity index (χ2v) is 5.73. The van der Waals surface area contributed by atoms with Crippen molar-refractivity contribution in [3.05, 3.63) is 34.6 Å². The number of aromatic nitrogens is 4. The van der Waals surface area contributed by atoms with Crippen molar-refractivity contribution in [2.24, 2.45) is 5.92 Å². The number of hydrogen-bond donors (Lipinski definition) is 1.